The Morgan fingerprint density at radius 2 is 2.32 bits per heavy atom. The third kappa shape index (κ3) is 3.57. The number of hydrogen-bond acceptors (Lipinski definition) is 3. The molecule has 6 heteroatoms. The van der Waals surface area contributed by atoms with Crippen LogP contribution in [0.15, 0.2) is 35.1 Å². The quantitative estimate of drug-likeness (QED) is 0.648. The van der Waals surface area contributed by atoms with Gasteiger partial charge in [0.25, 0.3) is 0 Å². The van der Waals surface area contributed by atoms with Crippen LogP contribution in [-0.4, -0.2) is 9.55 Å². The molecule has 3 N–H and O–H groups in total. The van der Waals surface area contributed by atoms with E-state index in [1.165, 1.54) is 0 Å². The lowest BCUT2D eigenvalue weighted by Crippen LogP contribution is -2.28. The van der Waals surface area contributed by atoms with Crippen LogP contribution in [0.3, 0.4) is 0 Å². The first-order valence-electron chi connectivity index (χ1n) is 5.99. The van der Waals surface area contributed by atoms with E-state index in [1.807, 2.05) is 36.0 Å². The molecule has 0 aliphatic carbocycles. The first-order chi connectivity index (χ1) is 9.11. The van der Waals surface area contributed by atoms with E-state index in [-0.39, 0.29) is 6.04 Å². The number of benzene rings is 1. The monoisotopic (exact) mass is 342 g/mol. The fraction of sp³-hybridized carbons (Fsp3) is 0.308. The van der Waals surface area contributed by atoms with Crippen LogP contribution in [0.25, 0.3) is 0 Å². The van der Waals surface area contributed by atoms with Gasteiger partial charge in [0.1, 0.15) is 5.82 Å². The van der Waals surface area contributed by atoms with E-state index in [0.717, 1.165) is 28.7 Å². The molecule has 0 aliphatic rings. The van der Waals surface area contributed by atoms with Crippen molar-refractivity contribution in [3.05, 3.63) is 51.5 Å². The van der Waals surface area contributed by atoms with Gasteiger partial charge in [-0.05, 0) is 30.2 Å². The van der Waals surface area contributed by atoms with Gasteiger partial charge in [-0.15, -0.1) is 0 Å². The number of nitrogens with zero attached hydrogens (tertiary/aromatic N) is 2. The molecule has 2 rings (SSSR count). The van der Waals surface area contributed by atoms with Crippen molar-refractivity contribution in [3.8, 4) is 0 Å². The number of aryl methyl sites for hydroxylation is 2. The van der Waals surface area contributed by atoms with Crippen LogP contribution in [-0.2, 0) is 13.5 Å². The molecule has 0 aliphatic heterocycles. The topological polar surface area (TPSA) is 55.9 Å². The lowest BCUT2D eigenvalue weighted by Gasteiger charge is -2.18. The van der Waals surface area contributed by atoms with E-state index in [2.05, 4.69) is 26.3 Å². The highest BCUT2D eigenvalue weighted by molar-refractivity contribution is 9.10. The molecule has 1 atom stereocenters. The molecule has 0 spiro atoms. The maximum absolute atomic E-state index is 6.22. The normalized spacial score (nSPS) is 12.6. The lowest BCUT2D eigenvalue weighted by atomic mass is 10.0. The Kier molecular flexibility index (Phi) is 4.99. The lowest BCUT2D eigenvalue weighted by molar-refractivity contribution is 0.506. The van der Waals surface area contributed by atoms with Gasteiger partial charge in [0.2, 0.25) is 0 Å². The molecule has 4 nitrogen and oxygen atoms in total. The molecule has 0 saturated carbocycles. The van der Waals surface area contributed by atoms with E-state index in [0.29, 0.717) is 5.02 Å². The Bertz CT molecular complexity index is 555. The minimum Gasteiger partial charge on any atom is -0.338 e. The van der Waals surface area contributed by atoms with Crippen LogP contribution in [0.1, 0.15) is 23.9 Å². The van der Waals surface area contributed by atoms with E-state index in [4.69, 9.17) is 17.4 Å². The number of hydrazine groups is 1. The molecule has 102 valence electrons. The van der Waals surface area contributed by atoms with Gasteiger partial charge in [-0.3, -0.25) is 11.3 Å². The Morgan fingerprint density at radius 1 is 1.53 bits per heavy atom. The molecule has 1 aromatic heterocycles. The average Bonchev–Trinajstić information content (AvgIpc) is 2.80. The summed E-state index contributed by atoms with van der Waals surface area (Å²) in [6, 6.07) is 5.77. The third-order valence-electron chi connectivity index (χ3n) is 3.11. The summed E-state index contributed by atoms with van der Waals surface area (Å²) in [5, 5.41) is 0.714. The molecule has 19 heavy (non-hydrogen) atoms. The van der Waals surface area contributed by atoms with Gasteiger partial charge in [0.15, 0.2) is 0 Å². The van der Waals surface area contributed by atoms with Gasteiger partial charge in [-0.25, -0.2) is 4.98 Å². The summed E-state index contributed by atoms with van der Waals surface area (Å²) < 4.78 is 3.00. The number of halogens is 2. The number of imidazole rings is 1. The smallest absolute Gasteiger partial charge is 0.108 e. The molecule has 0 amide bonds. The molecule has 2 aromatic rings. The largest absolute Gasteiger partial charge is 0.338 e. The fourth-order valence-electron chi connectivity index (χ4n) is 2.02. The van der Waals surface area contributed by atoms with Crippen molar-refractivity contribution in [1.29, 1.82) is 0 Å². The summed E-state index contributed by atoms with van der Waals surface area (Å²) in [6.45, 7) is 0. The average molecular weight is 344 g/mol. The minimum absolute atomic E-state index is 0.00157. The Morgan fingerprint density at radius 3 is 2.95 bits per heavy atom. The van der Waals surface area contributed by atoms with Crippen molar-refractivity contribution in [2.24, 2.45) is 12.9 Å². The summed E-state index contributed by atoms with van der Waals surface area (Å²) in [5.41, 5.74) is 3.82. The number of nitrogens with two attached hydrogens (primary N) is 1. The van der Waals surface area contributed by atoms with E-state index < -0.39 is 0 Å². The molecule has 1 unspecified atom stereocenters. The maximum Gasteiger partial charge on any atom is 0.108 e. The SMILES string of the molecule is Cn1ccnc1CCC(NN)c1cc(Br)ccc1Cl. The van der Waals surface area contributed by atoms with Crippen LogP contribution < -0.4 is 11.3 Å². The van der Waals surface area contributed by atoms with E-state index in [9.17, 15) is 0 Å². The second-order valence-electron chi connectivity index (χ2n) is 4.38. The van der Waals surface area contributed by atoms with Crippen molar-refractivity contribution >= 4 is 27.5 Å². The molecule has 0 saturated heterocycles. The zero-order valence-electron chi connectivity index (χ0n) is 10.6. The van der Waals surface area contributed by atoms with Crippen LogP contribution in [0.5, 0.6) is 0 Å². The van der Waals surface area contributed by atoms with Gasteiger partial charge in [-0.2, -0.15) is 0 Å². The molecule has 0 radical (unpaired) electrons. The summed E-state index contributed by atoms with van der Waals surface area (Å²) in [5.74, 6) is 6.68. The molecular weight excluding hydrogens is 328 g/mol. The highest BCUT2D eigenvalue weighted by Crippen LogP contribution is 2.28. The summed E-state index contributed by atoms with van der Waals surface area (Å²) in [7, 11) is 1.99. The van der Waals surface area contributed by atoms with Gasteiger partial charge < -0.3 is 4.57 Å². The Hall–Kier alpha value is -0.880. The van der Waals surface area contributed by atoms with Crippen molar-refractivity contribution < 1.29 is 0 Å². The molecule has 0 bridgehead atoms. The third-order valence-corrected chi connectivity index (χ3v) is 3.95. The predicted octanol–water partition coefficient (Wildman–Crippen LogP) is 2.97. The minimum atomic E-state index is 0.00157. The highest BCUT2D eigenvalue weighted by atomic mass is 79.9. The highest BCUT2D eigenvalue weighted by Gasteiger charge is 2.14. The molecule has 1 aromatic carbocycles. The zero-order valence-corrected chi connectivity index (χ0v) is 12.9. The zero-order chi connectivity index (χ0) is 13.8. The molecular formula is C13H16BrClN4. The first kappa shape index (κ1) is 14.5. The summed E-state index contributed by atoms with van der Waals surface area (Å²) in [6.07, 6.45) is 5.40. The second kappa shape index (κ2) is 6.52. The van der Waals surface area contributed by atoms with Crippen LogP contribution in [0, 0.1) is 0 Å². The number of hydrogen-bond donors (Lipinski definition) is 2. The van der Waals surface area contributed by atoms with Crippen LogP contribution in [0.4, 0.5) is 0 Å². The van der Waals surface area contributed by atoms with Gasteiger partial charge >= 0.3 is 0 Å². The van der Waals surface area contributed by atoms with Crippen molar-refractivity contribution in [3.63, 3.8) is 0 Å². The Balaban J connectivity index is 2.12. The standard InChI is InChI=1S/C13H16BrClN4/c1-19-7-6-17-13(19)5-4-12(18-16)10-8-9(14)2-3-11(10)15/h2-3,6-8,12,18H,4-5,16H2,1H3. The number of aromatic nitrogens is 2. The van der Waals surface area contributed by atoms with E-state index in [1.54, 1.807) is 6.20 Å². The van der Waals surface area contributed by atoms with Crippen LogP contribution >= 0.6 is 27.5 Å². The number of nitrogens with one attached hydrogen (secondary N) is 1. The molecule has 0 fully saturated rings. The fourth-order valence-corrected chi connectivity index (χ4v) is 2.65. The maximum atomic E-state index is 6.22. The second-order valence-corrected chi connectivity index (χ2v) is 5.70. The van der Waals surface area contributed by atoms with Crippen molar-refractivity contribution in [2.75, 3.05) is 0 Å². The van der Waals surface area contributed by atoms with Crippen LogP contribution in [0.2, 0.25) is 5.02 Å². The summed E-state index contributed by atoms with van der Waals surface area (Å²) in [4.78, 5) is 4.31. The number of rotatable bonds is 5. The summed E-state index contributed by atoms with van der Waals surface area (Å²) >= 11 is 9.68. The van der Waals surface area contributed by atoms with Crippen molar-refractivity contribution in [1.82, 2.24) is 15.0 Å². The van der Waals surface area contributed by atoms with Gasteiger partial charge in [-0.1, -0.05) is 27.5 Å². The predicted molar refractivity (Wildman–Crippen MR) is 80.7 cm³/mol. The Labute approximate surface area is 126 Å². The van der Waals surface area contributed by atoms with Gasteiger partial charge in [0.05, 0.1) is 0 Å². The van der Waals surface area contributed by atoms with Crippen molar-refractivity contribution in [2.45, 2.75) is 18.9 Å². The molecule has 1 heterocycles. The first-order valence-corrected chi connectivity index (χ1v) is 7.16. The van der Waals surface area contributed by atoms with E-state index >= 15 is 0 Å². The van der Waals surface area contributed by atoms with Gasteiger partial charge in [0, 0.05) is 41.4 Å².